The molecular weight excluding hydrogens is 729 g/mol. The molecule has 266 valence electrons. The van der Waals surface area contributed by atoms with E-state index in [2.05, 4.69) is 12.1 Å². The van der Waals surface area contributed by atoms with Gasteiger partial charge in [-0.25, -0.2) is 4.79 Å². The van der Waals surface area contributed by atoms with Crippen molar-refractivity contribution in [1.29, 1.82) is 0 Å². The van der Waals surface area contributed by atoms with Crippen molar-refractivity contribution < 1.29 is 24.2 Å². The van der Waals surface area contributed by atoms with Crippen molar-refractivity contribution in [3.05, 3.63) is 92.6 Å². The summed E-state index contributed by atoms with van der Waals surface area (Å²) in [5.41, 5.74) is 6.82. The van der Waals surface area contributed by atoms with Gasteiger partial charge in [-0.15, -0.1) is 23.5 Å². The number of methoxy groups -OCH3 is 2. The van der Waals surface area contributed by atoms with Crippen molar-refractivity contribution in [2.45, 2.75) is 41.9 Å². The lowest BCUT2D eigenvalue weighted by Gasteiger charge is -2.13. The molecule has 10 nitrogen and oxygen atoms in total. The molecule has 0 unspecified atom stereocenters. The first-order chi connectivity index (χ1) is 24.4. The summed E-state index contributed by atoms with van der Waals surface area (Å²) in [6, 6.07) is 15.5. The lowest BCUT2D eigenvalue weighted by atomic mass is 9.98. The van der Waals surface area contributed by atoms with Crippen LogP contribution < -0.4 is 0 Å². The standard InChI is InChI=1S/C37H37Cl2N5O5S2/c1-20-32(34-28(39)16-27(38)33-26(11-12-31(46)48-5)35(37(47)49-6)42(2)36(33)34)29(41-43(20)3)19-50-17-22-14-23(44(4)40-22)18-51-24-13-21-9-7-8-10-25(21)30(45)15-24/h7-10,13-16,45H,11-12,17-19H2,1-6H3. The highest BCUT2D eigenvalue weighted by Gasteiger charge is 2.30. The van der Waals surface area contributed by atoms with Gasteiger partial charge in [0, 0.05) is 83.0 Å². The smallest absolute Gasteiger partial charge is 0.354 e. The lowest BCUT2D eigenvalue weighted by molar-refractivity contribution is -0.140. The van der Waals surface area contributed by atoms with E-state index in [-0.39, 0.29) is 18.6 Å². The number of hydrogen-bond donors (Lipinski definition) is 1. The molecule has 0 saturated heterocycles. The first-order valence-corrected chi connectivity index (χ1v) is 18.9. The van der Waals surface area contributed by atoms with Gasteiger partial charge in [-0.3, -0.25) is 14.2 Å². The minimum atomic E-state index is -0.547. The van der Waals surface area contributed by atoms with Crippen LogP contribution in [-0.4, -0.2) is 55.4 Å². The van der Waals surface area contributed by atoms with Gasteiger partial charge in [0.25, 0.3) is 0 Å². The molecule has 0 atom stereocenters. The average molecular weight is 767 g/mol. The third-order valence-electron chi connectivity index (χ3n) is 9.02. The van der Waals surface area contributed by atoms with Crippen LogP contribution in [0.4, 0.5) is 0 Å². The molecule has 6 rings (SSSR count). The first-order valence-electron chi connectivity index (χ1n) is 16.0. The molecule has 0 radical (unpaired) electrons. The van der Waals surface area contributed by atoms with Crippen LogP contribution >= 0.6 is 46.7 Å². The number of aromatic hydroxyl groups is 1. The summed E-state index contributed by atoms with van der Waals surface area (Å²) in [6.45, 7) is 1.98. The van der Waals surface area contributed by atoms with E-state index in [1.165, 1.54) is 14.2 Å². The summed E-state index contributed by atoms with van der Waals surface area (Å²) in [6.07, 6.45) is 0.280. The Balaban J connectivity index is 1.27. The number of esters is 2. The highest BCUT2D eigenvalue weighted by Crippen LogP contribution is 2.45. The quantitative estimate of drug-likeness (QED) is 0.0969. The van der Waals surface area contributed by atoms with Crippen molar-refractivity contribution in [1.82, 2.24) is 24.1 Å². The predicted octanol–water partition coefficient (Wildman–Crippen LogP) is 8.40. The monoisotopic (exact) mass is 765 g/mol. The van der Waals surface area contributed by atoms with Gasteiger partial charge in [-0.1, -0.05) is 47.5 Å². The fourth-order valence-corrected chi connectivity index (χ4v) is 8.96. The number of phenolic OH excluding ortho intramolecular Hbond substituents is 1. The maximum absolute atomic E-state index is 13.1. The zero-order chi connectivity index (χ0) is 36.6. The normalized spacial score (nSPS) is 11.5. The molecule has 3 heterocycles. The van der Waals surface area contributed by atoms with Gasteiger partial charge in [0.05, 0.1) is 41.2 Å². The van der Waals surface area contributed by atoms with Crippen LogP contribution in [0, 0.1) is 6.92 Å². The Morgan fingerprint density at radius 1 is 0.902 bits per heavy atom. The number of nitrogens with zero attached hydrogens (tertiary/aromatic N) is 5. The van der Waals surface area contributed by atoms with E-state index in [1.54, 1.807) is 41.2 Å². The summed E-state index contributed by atoms with van der Waals surface area (Å²) in [5, 5.41) is 23.4. The fraction of sp³-hybridized carbons (Fsp3) is 0.297. The number of rotatable bonds is 12. The number of aryl methyl sites for hydroxylation is 4. The van der Waals surface area contributed by atoms with Crippen molar-refractivity contribution in [2.75, 3.05) is 14.2 Å². The first kappa shape index (κ1) is 36.7. The van der Waals surface area contributed by atoms with Gasteiger partial charge in [-0.05, 0) is 48.6 Å². The highest BCUT2D eigenvalue weighted by molar-refractivity contribution is 7.98. The number of aromatic nitrogens is 5. The van der Waals surface area contributed by atoms with Crippen LogP contribution in [0.5, 0.6) is 5.75 Å². The third-order valence-corrected chi connectivity index (χ3v) is 11.6. The van der Waals surface area contributed by atoms with E-state index in [0.29, 0.717) is 55.0 Å². The highest BCUT2D eigenvalue weighted by atomic mass is 35.5. The maximum Gasteiger partial charge on any atom is 0.354 e. The molecule has 0 bridgehead atoms. The third kappa shape index (κ3) is 7.19. The molecule has 0 saturated carbocycles. The second-order valence-corrected chi connectivity index (χ2v) is 15.0. The molecule has 0 spiro atoms. The number of phenols is 1. The van der Waals surface area contributed by atoms with E-state index >= 15 is 0 Å². The number of hydrogen-bond acceptors (Lipinski definition) is 9. The Labute approximate surface area is 314 Å². The minimum Gasteiger partial charge on any atom is -0.507 e. The molecular formula is C37H37Cl2N5O5S2. The summed E-state index contributed by atoms with van der Waals surface area (Å²) >= 11 is 17.2. The van der Waals surface area contributed by atoms with E-state index in [0.717, 1.165) is 44.0 Å². The van der Waals surface area contributed by atoms with Crippen LogP contribution in [0.1, 0.15) is 45.2 Å². The molecule has 0 fully saturated rings. The Hall–Kier alpha value is -4.10. The summed E-state index contributed by atoms with van der Waals surface area (Å²) < 4.78 is 15.5. The number of ether oxygens (including phenoxy) is 2. The Morgan fingerprint density at radius 2 is 1.67 bits per heavy atom. The van der Waals surface area contributed by atoms with E-state index in [9.17, 15) is 14.7 Å². The SMILES string of the molecule is COC(=O)CCc1c(C(=O)OC)n(C)c2c(-c3c(CSCc4cc(CSc5cc(O)c6ccccc6c5)n(C)n4)nn(C)c3C)c(Cl)cc(Cl)c12. The molecule has 0 aliphatic carbocycles. The van der Waals surface area contributed by atoms with Gasteiger partial charge in [-0.2, -0.15) is 10.2 Å². The van der Waals surface area contributed by atoms with Gasteiger partial charge < -0.3 is 19.1 Å². The van der Waals surface area contributed by atoms with Gasteiger partial charge in [0.2, 0.25) is 0 Å². The van der Waals surface area contributed by atoms with E-state index in [4.69, 9.17) is 42.9 Å². The molecule has 6 aromatic rings. The second-order valence-electron chi connectivity index (χ2n) is 12.1. The molecule has 3 aromatic heterocycles. The van der Waals surface area contributed by atoms with Crippen LogP contribution in [0.25, 0.3) is 32.8 Å². The number of carbonyl (C=O) groups is 2. The number of benzene rings is 3. The van der Waals surface area contributed by atoms with E-state index in [1.807, 2.05) is 60.7 Å². The zero-order valence-corrected chi connectivity index (χ0v) is 32.2. The molecule has 51 heavy (non-hydrogen) atoms. The van der Waals surface area contributed by atoms with Crippen LogP contribution in [0.3, 0.4) is 0 Å². The van der Waals surface area contributed by atoms with E-state index < -0.39 is 11.9 Å². The number of fused-ring (bicyclic) bond motifs is 2. The Morgan fingerprint density at radius 3 is 2.41 bits per heavy atom. The largest absolute Gasteiger partial charge is 0.507 e. The van der Waals surface area contributed by atoms with Gasteiger partial charge >= 0.3 is 11.9 Å². The van der Waals surface area contributed by atoms with Crippen molar-refractivity contribution in [3.8, 4) is 16.9 Å². The lowest BCUT2D eigenvalue weighted by Crippen LogP contribution is -2.11. The molecule has 3 aromatic carbocycles. The maximum atomic E-state index is 13.1. The van der Waals surface area contributed by atoms with Gasteiger partial charge in [0.15, 0.2) is 0 Å². The summed E-state index contributed by atoms with van der Waals surface area (Å²) in [4.78, 5) is 26.2. The molecule has 0 aliphatic heterocycles. The fourth-order valence-electron chi connectivity index (χ4n) is 6.47. The molecule has 1 N–H and O–H groups in total. The zero-order valence-electron chi connectivity index (χ0n) is 29.0. The average Bonchev–Trinajstić information content (AvgIpc) is 3.71. The molecule has 14 heteroatoms. The Kier molecular flexibility index (Phi) is 11.0. The van der Waals surface area contributed by atoms with Crippen molar-refractivity contribution in [3.63, 3.8) is 0 Å². The number of thioether (sulfide) groups is 2. The molecule has 0 amide bonds. The second kappa shape index (κ2) is 15.2. The number of carbonyl (C=O) groups excluding carboxylic acids is 2. The van der Waals surface area contributed by atoms with Gasteiger partial charge in [0.1, 0.15) is 11.4 Å². The minimum absolute atomic E-state index is 0.0582. The van der Waals surface area contributed by atoms with Crippen LogP contribution in [-0.2, 0) is 59.1 Å². The Bertz CT molecular complexity index is 2310. The van der Waals surface area contributed by atoms with Crippen molar-refractivity contribution >= 4 is 80.3 Å². The number of halogens is 2. The molecule has 0 aliphatic rings. The summed E-state index contributed by atoms with van der Waals surface area (Å²) in [7, 11) is 8.25. The van der Waals surface area contributed by atoms with Crippen LogP contribution in [0.2, 0.25) is 10.0 Å². The predicted molar refractivity (Wildman–Crippen MR) is 205 cm³/mol. The van der Waals surface area contributed by atoms with Crippen molar-refractivity contribution in [2.24, 2.45) is 21.1 Å². The van der Waals surface area contributed by atoms with Crippen LogP contribution in [0.15, 0.2) is 53.4 Å². The topological polar surface area (TPSA) is 113 Å². The summed E-state index contributed by atoms with van der Waals surface area (Å²) in [5.74, 6) is 1.25.